The van der Waals surface area contributed by atoms with Crippen LogP contribution in [0.3, 0.4) is 0 Å². The van der Waals surface area contributed by atoms with Gasteiger partial charge in [-0.05, 0) is 56.3 Å². The Kier molecular flexibility index (Phi) is 5.40. The predicted octanol–water partition coefficient (Wildman–Crippen LogP) is 4.55. The number of H-pyrrole nitrogens is 1. The van der Waals surface area contributed by atoms with Crippen LogP contribution in [-0.4, -0.2) is 38.5 Å². The van der Waals surface area contributed by atoms with Gasteiger partial charge in [0.1, 0.15) is 5.75 Å². The number of aromatic amines is 1. The average molecular weight is 441 g/mol. The van der Waals surface area contributed by atoms with Crippen LogP contribution in [0.25, 0.3) is 27.5 Å². The second-order valence-electron chi connectivity index (χ2n) is 8.08. The molecule has 3 aromatic carbocycles. The van der Waals surface area contributed by atoms with Gasteiger partial charge in [0.05, 0.1) is 22.9 Å². The first-order valence-corrected chi connectivity index (χ1v) is 10.8. The van der Waals surface area contributed by atoms with Crippen molar-refractivity contribution in [2.75, 3.05) is 11.9 Å². The van der Waals surface area contributed by atoms with Crippen molar-refractivity contribution in [3.05, 3.63) is 72.9 Å². The predicted molar refractivity (Wildman–Crippen MR) is 129 cm³/mol. The highest BCUT2D eigenvalue weighted by atomic mass is 16.5. The minimum Gasteiger partial charge on any atom is -0.484 e. The van der Waals surface area contributed by atoms with Crippen LogP contribution >= 0.6 is 0 Å². The van der Waals surface area contributed by atoms with Gasteiger partial charge in [-0.3, -0.25) is 9.89 Å². The standard InChI is InChI=1S/C25H24N6O2/c1-16(2)27-24(32)15-33-20-7-5-6-19(13-20)31-23-9-4-3-8-21(23)25(30-31)28-18-10-11-22-17(12-18)14-26-29-22/h3-14,16H,15H2,1-2H3,(H,26,29)(H,27,32)(H,28,30). The Morgan fingerprint density at radius 1 is 1.09 bits per heavy atom. The number of carbonyl (C=O) groups is 1. The number of anilines is 2. The Hall–Kier alpha value is -4.33. The van der Waals surface area contributed by atoms with Crippen molar-refractivity contribution in [1.29, 1.82) is 0 Å². The monoisotopic (exact) mass is 440 g/mol. The number of amides is 1. The van der Waals surface area contributed by atoms with Gasteiger partial charge >= 0.3 is 0 Å². The molecule has 0 saturated carbocycles. The maximum atomic E-state index is 11.9. The van der Waals surface area contributed by atoms with E-state index in [2.05, 4.69) is 20.8 Å². The molecule has 8 heteroatoms. The first-order chi connectivity index (χ1) is 16.1. The fourth-order valence-corrected chi connectivity index (χ4v) is 3.73. The van der Waals surface area contributed by atoms with E-state index in [0.29, 0.717) is 5.75 Å². The van der Waals surface area contributed by atoms with Crippen LogP contribution in [0.4, 0.5) is 11.5 Å². The summed E-state index contributed by atoms with van der Waals surface area (Å²) < 4.78 is 7.57. The molecule has 166 valence electrons. The molecule has 8 nitrogen and oxygen atoms in total. The number of nitrogens with zero attached hydrogens (tertiary/aromatic N) is 3. The summed E-state index contributed by atoms with van der Waals surface area (Å²) in [4.78, 5) is 11.9. The molecule has 2 heterocycles. The molecule has 0 aliphatic rings. The van der Waals surface area contributed by atoms with Crippen LogP contribution in [-0.2, 0) is 4.79 Å². The van der Waals surface area contributed by atoms with Crippen LogP contribution in [0, 0.1) is 0 Å². The Morgan fingerprint density at radius 2 is 1.97 bits per heavy atom. The maximum absolute atomic E-state index is 11.9. The van der Waals surface area contributed by atoms with E-state index in [-0.39, 0.29) is 18.6 Å². The Balaban J connectivity index is 1.45. The largest absolute Gasteiger partial charge is 0.484 e. The lowest BCUT2D eigenvalue weighted by atomic mass is 10.2. The SMILES string of the molecule is CC(C)NC(=O)COc1cccc(-n2nc(Nc3ccc4[nH]ncc4c3)c3ccccc32)c1. The second-order valence-corrected chi connectivity index (χ2v) is 8.08. The number of hydrogen-bond donors (Lipinski definition) is 3. The molecule has 1 amide bonds. The Labute approximate surface area is 190 Å². The lowest BCUT2D eigenvalue weighted by molar-refractivity contribution is -0.123. The summed E-state index contributed by atoms with van der Waals surface area (Å²) in [5.41, 5.74) is 3.70. The van der Waals surface area contributed by atoms with Gasteiger partial charge in [-0.25, -0.2) is 4.68 Å². The number of hydrogen-bond acceptors (Lipinski definition) is 5. The molecular formula is C25H24N6O2. The summed E-state index contributed by atoms with van der Waals surface area (Å²) in [7, 11) is 0. The van der Waals surface area contributed by atoms with Gasteiger partial charge in [0.15, 0.2) is 12.4 Å². The van der Waals surface area contributed by atoms with E-state index < -0.39 is 0 Å². The zero-order valence-corrected chi connectivity index (χ0v) is 18.4. The quantitative estimate of drug-likeness (QED) is 0.345. The van der Waals surface area contributed by atoms with E-state index in [1.807, 2.05) is 85.3 Å². The van der Waals surface area contributed by atoms with Gasteiger partial charge in [-0.2, -0.15) is 5.10 Å². The van der Waals surface area contributed by atoms with Crippen molar-refractivity contribution in [3.8, 4) is 11.4 Å². The molecule has 0 atom stereocenters. The molecule has 0 unspecified atom stereocenters. The molecule has 3 N–H and O–H groups in total. The number of aromatic nitrogens is 4. The summed E-state index contributed by atoms with van der Waals surface area (Å²) in [6.07, 6.45) is 1.80. The number of nitrogens with one attached hydrogen (secondary N) is 3. The number of ether oxygens (including phenoxy) is 1. The molecule has 0 saturated heterocycles. The first-order valence-electron chi connectivity index (χ1n) is 10.8. The Bertz CT molecular complexity index is 1440. The van der Waals surface area contributed by atoms with Crippen molar-refractivity contribution in [1.82, 2.24) is 25.3 Å². The van der Waals surface area contributed by atoms with Crippen LogP contribution in [0.2, 0.25) is 0 Å². The van der Waals surface area contributed by atoms with Gasteiger partial charge in [0.2, 0.25) is 0 Å². The fraction of sp³-hybridized carbons (Fsp3) is 0.160. The molecule has 0 fully saturated rings. The molecule has 0 radical (unpaired) electrons. The maximum Gasteiger partial charge on any atom is 0.258 e. The van der Waals surface area contributed by atoms with E-state index in [4.69, 9.17) is 9.84 Å². The number of fused-ring (bicyclic) bond motifs is 2. The average Bonchev–Trinajstić information content (AvgIpc) is 3.42. The fourth-order valence-electron chi connectivity index (χ4n) is 3.73. The third kappa shape index (κ3) is 4.36. The van der Waals surface area contributed by atoms with Gasteiger partial charge < -0.3 is 15.4 Å². The molecule has 2 aromatic heterocycles. The summed E-state index contributed by atoms with van der Waals surface area (Å²) in [6, 6.07) is 21.7. The van der Waals surface area contributed by atoms with Crippen molar-refractivity contribution >= 4 is 39.2 Å². The smallest absolute Gasteiger partial charge is 0.258 e. The lowest BCUT2D eigenvalue weighted by Gasteiger charge is -2.11. The van der Waals surface area contributed by atoms with E-state index in [0.717, 1.165) is 39.0 Å². The summed E-state index contributed by atoms with van der Waals surface area (Å²) in [5.74, 6) is 1.20. The van der Waals surface area contributed by atoms with Gasteiger partial charge in [-0.1, -0.05) is 18.2 Å². The third-order valence-electron chi connectivity index (χ3n) is 5.17. The van der Waals surface area contributed by atoms with Gasteiger partial charge in [0, 0.05) is 28.6 Å². The van der Waals surface area contributed by atoms with E-state index in [9.17, 15) is 4.79 Å². The van der Waals surface area contributed by atoms with Crippen LogP contribution in [0.5, 0.6) is 5.75 Å². The molecule has 5 aromatic rings. The molecule has 33 heavy (non-hydrogen) atoms. The minimum atomic E-state index is -0.152. The lowest BCUT2D eigenvalue weighted by Crippen LogP contribution is -2.34. The number of benzene rings is 3. The van der Waals surface area contributed by atoms with Gasteiger partial charge in [-0.15, -0.1) is 5.10 Å². The van der Waals surface area contributed by atoms with Crippen LogP contribution in [0.1, 0.15) is 13.8 Å². The van der Waals surface area contributed by atoms with E-state index in [1.165, 1.54) is 0 Å². The number of carbonyl (C=O) groups excluding carboxylic acids is 1. The first kappa shape index (κ1) is 20.6. The molecule has 0 spiro atoms. The topological polar surface area (TPSA) is 96.9 Å². The van der Waals surface area contributed by atoms with Crippen molar-refractivity contribution in [3.63, 3.8) is 0 Å². The molecular weight excluding hydrogens is 416 g/mol. The summed E-state index contributed by atoms with van der Waals surface area (Å²) >= 11 is 0. The zero-order chi connectivity index (χ0) is 22.8. The summed E-state index contributed by atoms with van der Waals surface area (Å²) in [5, 5.41) is 20.2. The van der Waals surface area contributed by atoms with Crippen LogP contribution < -0.4 is 15.4 Å². The highest BCUT2D eigenvalue weighted by Crippen LogP contribution is 2.30. The van der Waals surface area contributed by atoms with E-state index >= 15 is 0 Å². The zero-order valence-electron chi connectivity index (χ0n) is 18.4. The van der Waals surface area contributed by atoms with Crippen molar-refractivity contribution in [2.24, 2.45) is 0 Å². The second kappa shape index (κ2) is 8.66. The third-order valence-corrected chi connectivity index (χ3v) is 5.17. The number of rotatable bonds is 7. The van der Waals surface area contributed by atoms with E-state index in [1.54, 1.807) is 6.20 Å². The van der Waals surface area contributed by atoms with Crippen molar-refractivity contribution < 1.29 is 9.53 Å². The van der Waals surface area contributed by atoms with Crippen molar-refractivity contribution in [2.45, 2.75) is 19.9 Å². The normalized spacial score (nSPS) is 11.2. The Morgan fingerprint density at radius 3 is 2.85 bits per heavy atom. The molecule has 0 aliphatic heterocycles. The molecule has 0 bridgehead atoms. The molecule has 0 aliphatic carbocycles. The number of para-hydroxylation sites is 1. The summed E-state index contributed by atoms with van der Waals surface area (Å²) in [6.45, 7) is 3.80. The molecule has 5 rings (SSSR count). The van der Waals surface area contributed by atoms with Crippen LogP contribution in [0.15, 0.2) is 72.9 Å². The highest BCUT2D eigenvalue weighted by molar-refractivity contribution is 5.94. The highest BCUT2D eigenvalue weighted by Gasteiger charge is 2.13. The van der Waals surface area contributed by atoms with Gasteiger partial charge in [0.25, 0.3) is 5.91 Å². The minimum absolute atomic E-state index is 0.0369.